The van der Waals surface area contributed by atoms with Gasteiger partial charge in [0.25, 0.3) is 0 Å². The molecule has 0 N–H and O–H groups in total. The van der Waals surface area contributed by atoms with Crippen molar-refractivity contribution < 1.29 is 8.42 Å². The van der Waals surface area contributed by atoms with E-state index in [0.29, 0.717) is 18.7 Å². The SMILES string of the molecule is CCCN(CCC)S(=O)(=O)C1(C)C=CC=C(C#N)C1C. The van der Waals surface area contributed by atoms with E-state index in [1.807, 2.05) is 20.8 Å². The summed E-state index contributed by atoms with van der Waals surface area (Å²) in [7, 11) is -3.49. The number of allylic oxidation sites excluding steroid dienone is 3. The number of sulfonamides is 1. The molecule has 0 bridgehead atoms. The molecule has 0 aromatic heterocycles. The van der Waals surface area contributed by atoms with Crippen LogP contribution in [0.2, 0.25) is 0 Å². The van der Waals surface area contributed by atoms with Gasteiger partial charge in [0.2, 0.25) is 10.0 Å². The first-order chi connectivity index (χ1) is 9.35. The van der Waals surface area contributed by atoms with Crippen molar-refractivity contribution in [1.82, 2.24) is 4.31 Å². The highest BCUT2D eigenvalue weighted by Crippen LogP contribution is 2.38. The van der Waals surface area contributed by atoms with Gasteiger partial charge in [-0.1, -0.05) is 32.9 Å². The van der Waals surface area contributed by atoms with Gasteiger partial charge in [-0.25, -0.2) is 12.7 Å². The van der Waals surface area contributed by atoms with E-state index < -0.39 is 14.8 Å². The van der Waals surface area contributed by atoms with Crippen LogP contribution in [0.5, 0.6) is 0 Å². The average Bonchev–Trinajstić information content (AvgIpc) is 2.41. The molecule has 112 valence electrons. The summed E-state index contributed by atoms with van der Waals surface area (Å²) in [6, 6.07) is 2.11. The Balaban J connectivity index is 3.23. The molecule has 2 atom stereocenters. The van der Waals surface area contributed by atoms with Crippen LogP contribution in [0.4, 0.5) is 0 Å². The van der Waals surface area contributed by atoms with E-state index in [9.17, 15) is 8.42 Å². The normalized spacial score (nSPS) is 26.4. The van der Waals surface area contributed by atoms with Gasteiger partial charge >= 0.3 is 0 Å². The molecule has 0 fully saturated rings. The van der Waals surface area contributed by atoms with Crippen LogP contribution < -0.4 is 0 Å². The first-order valence-electron chi connectivity index (χ1n) is 7.14. The third-order valence-corrected chi connectivity index (χ3v) is 6.65. The predicted molar refractivity (Wildman–Crippen MR) is 81.5 cm³/mol. The van der Waals surface area contributed by atoms with Crippen LogP contribution in [0.3, 0.4) is 0 Å². The fourth-order valence-corrected chi connectivity index (χ4v) is 4.74. The molecule has 0 spiro atoms. The maximum atomic E-state index is 13.0. The Morgan fingerprint density at radius 3 is 2.35 bits per heavy atom. The van der Waals surface area contributed by atoms with E-state index in [-0.39, 0.29) is 5.92 Å². The van der Waals surface area contributed by atoms with Gasteiger partial charge in [-0.2, -0.15) is 5.26 Å². The Morgan fingerprint density at radius 1 is 1.35 bits per heavy atom. The van der Waals surface area contributed by atoms with Crippen LogP contribution in [-0.2, 0) is 10.0 Å². The Morgan fingerprint density at radius 2 is 1.90 bits per heavy atom. The molecule has 20 heavy (non-hydrogen) atoms. The summed E-state index contributed by atoms with van der Waals surface area (Å²) in [5.41, 5.74) is 0.520. The lowest BCUT2D eigenvalue weighted by Crippen LogP contribution is -2.50. The molecule has 0 heterocycles. The Hall–Kier alpha value is -1.12. The zero-order chi connectivity index (χ0) is 15.4. The van der Waals surface area contributed by atoms with Crippen molar-refractivity contribution in [3.8, 4) is 6.07 Å². The maximum Gasteiger partial charge on any atom is 0.223 e. The highest BCUT2D eigenvalue weighted by atomic mass is 32.2. The van der Waals surface area contributed by atoms with E-state index in [4.69, 9.17) is 5.26 Å². The van der Waals surface area contributed by atoms with Gasteiger partial charge in [-0.15, -0.1) is 0 Å². The Bertz CT molecular complexity index is 537. The summed E-state index contributed by atoms with van der Waals surface area (Å²) < 4.78 is 26.5. The van der Waals surface area contributed by atoms with Crippen LogP contribution >= 0.6 is 0 Å². The van der Waals surface area contributed by atoms with Crippen LogP contribution in [0, 0.1) is 17.2 Å². The molecule has 0 radical (unpaired) electrons. The van der Waals surface area contributed by atoms with E-state index in [1.54, 1.807) is 29.5 Å². The predicted octanol–water partition coefficient (Wildman–Crippen LogP) is 2.85. The van der Waals surface area contributed by atoms with Crippen molar-refractivity contribution in [3.05, 3.63) is 23.8 Å². The molecule has 0 saturated carbocycles. The number of hydrogen-bond acceptors (Lipinski definition) is 3. The summed E-state index contributed by atoms with van der Waals surface area (Å²) in [6.07, 6.45) is 6.67. The second-order valence-electron chi connectivity index (χ2n) is 5.40. The molecule has 2 unspecified atom stereocenters. The number of nitriles is 1. The fourth-order valence-electron chi connectivity index (χ4n) is 2.51. The molecule has 4 nitrogen and oxygen atoms in total. The molecule has 0 saturated heterocycles. The molecule has 0 aromatic carbocycles. The van der Waals surface area contributed by atoms with Gasteiger partial charge in [0.15, 0.2) is 0 Å². The van der Waals surface area contributed by atoms with Crippen molar-refractivity contribution in [2.45, 2.75) is 45.3 Å². The second-order valence-corrected chi connectivity index (χ2v) is 7.75. The average molecular weight is 296 g/mol. The third kappa shape index (κ3) is 2.82. The monoisotopic (exact) mass is 296 g/mol. The van der Waals surface area contributed by atoms with Crippen LogP contribution in [0.25, 0.3) is 0 Å². The minimum atomic E-state index is -3.49. The lowest BCUT2D eigenvalue weighted by Gasteiger charge is -2.38. The Kier molecular flexibility index (Phi) is 5.55. The van der Waals surface area contributed by atoms with Gasteiger partial charge < -0.3 is 0 Å². The van der Waals surface area contributed by atoms with Crippen molar-refractivity contribution in [1.29, 1.82) is 5.26 Å². The molecule has 1 aliphatic rings. The molecule has 1 aliphatic carbocycles. The van der Waals surface area contributed by atoms with Gasteiger partial charge in [0.1, 0.15) is 4.75 Å². The summed E-state index contributed by atoms with van der Waals surface area (Å²) in [6.45, 7) is 8.52. The summed E-state index contributed by atoms with van der Waals surface area (Å²) >= 11 is 0. The van der Waals surface area contributed by atoms with Gasteiger partial charge in [-0.3, -0.25) is 0 Å². The molecule has 1 rings (SSSR count). The van der Waals surface area contributed by atoms with Crippen LogP contribution in [0.1, 0.15) is 40.5 Å². The lowest BCUT2D eigenvalue weighted by atomic mass is 9.84. The third-order valence-electron chi connectivity index (χ3n) is 4.00. The highest BCUT2D eigenvalue weighted by molar-refractivity contribution is 7.90. The minimum absolute atomic E-state index is 0.335. The molecule has 0 aliphatic heterocycles. The summed E-state index contributed by atoms with van der Waals surface area (Å²) in [5, 5.41) is 9.14. The first kappa shape index (κ1) is 16.9. The fraction of sp³-hybridized carbons (Fsp3) is 0.667. The minimum Gasteiger partial charge on any atom is -0.211 e. The molecular formula is C15H24N2O2S. The Labute approximate surface area is 122 Å². The maximum absolute atomic E-state index is 13.0. The van der Waals surface area contributed by atoms with Gasteiger partial charge in [-0.05, 0) is 25.8 Å². The largest absolute Gasteiger partial charge is 0.223 e. The number of nitrogens with zero attached hydrogens (tertiary/aromatic N) is 2. The van der Waals surface area contributed by atoms with E-state index in [0.717, 1.165) is 12.8 Å². The quantitative estimate of drug-likeness (QED) is 0.757. The van der Waals surface area contributed by atoms with Crippen LogP contribution in [-0.4, -0.2) is 30.6 Å². The standard InChI is InChI=1S/C15H24N2O2S/c1-5-10-17(11-6-2)20(18,19)15(4)9-7-8-14(12-16)13(15)3/h7-9,13H,5-6,10-11H2,1-4H3. The molecule has 5 heteroatoms. The van der Waals surface area contributed by atoms with Gasteiger partial charge in [0.05, 0.1) is 6.07 Å². The van der Waals surface area contributed by atoms with E-state index in [1.165, 1.54) is 0 Å². The zero-order valence-electron chi connectivity index (χ0n) is 12.8. The van der Waals surface area contributed by atoms with E-state index in [2.05, 4.69) is 6.07 Å². The van der Waals surface area contributed by atoms with Crippen molar-refractivity contribution in [3.63, 3.8) is 0 Å². The lowest BCUT2D eigenvalue weighted by molar-refractivity contribution is 0.381. The number of hydrogen-bond donors (Lipinski definition) is 0. The number of rotatable bonds is 6. The van der Waals surface area contributed by atoms with Crippen molar-refractivity contribution >= 4 is 10.0 Å². The van der Waals surface area contributed by atoms with Crippen LogP contribution in [0.15, 0.2) is 23.8 Å². The molecule has 0 aromatic rings. The van der Waals surface area contributed by atoms with Gasteiger partial charge in [0, 0.05) is 24.6 Å². The van der Waals surface area contributed by atoms with Crippen molar-refractivity contribution in [2.75, 3.05) is 13.1 Å². The zero-order valence-corrected chi connectivity index (χ0v) is 13.6. The molecule has 0 amide bonds. The summed E-state index contributed by atoms with van der Waals surface area (Å²) in [5.74, 6) is -0.335. The second kappa shape index (κ2) is 6.55. The molecular weight excluding hydrogens is 272 g/mol. The first-order valence-corrected chi connectivity index (χ1v) is 8.58. The van der Waals surface area contributed by atoms with E-state index >= 15 is 0 Å². The van der Waals surface area contributed by atoms with Crippen molar-refractivity contribution in [2.24, 2.45) is 5.92 Å². The topological polar surface area (TPSA) is 61.2 Å². The summed E-state index contributed by atoms with van der Waals surface area (Å²) in [4.78, 5) is 0. The smallest absolute Gasteiger partial charge is 0.211 e. The highest BCUT2D eigenvalue weighted by Gasteiger charge is 2.47.